The van der Waals surface area contributed by atoms with Gasteiger partial charge in [0, 0.05) is 37.4 Å². The number of nitrogens with zero attached hydrogens (tertiary/aromatic N) is 2. The van der Waals surface area contributed by atoms with E-state index in [2.05, 4.69) is 17.1 Å². The third-order valence-electron chi connectivity index (χ3n) is 5.18. The number of fused-ring (bicyclic) bond motifs is 2. The molecule has 2 N–H and O–H groups in total. The molecular weight excluding hydrogens is 321 g/mol. The molecule has 22 heavy (non-hydrogen) atoms. The second kappa shape index (κ2) is 6.57. The Balaban J connectivity index is 0.000000882. The van der Waals surface area contributed by atoms with Gasteiger partial charge in [-0.05, 0) is 36.0 Å². The highest BCUT2D eigenvalue weighted by Crippen LogP contribution is 2.44. The molecule has 2 bridgehead atoms. The summed E-state index contributed by atoms with van der Waals surface area (Å²) in [6.45, 7) is 1.65. The van der Waals surface area contributed by atoms with Crippen molar-refractivity contribution in [2.75, 3.05) is 13.1 Å². The minimum absolute atomic E-state index is 0. The zero-order chi connectivity index (χ0) is 13.7. The van der Waals surface area contributed by atoms with Crippen molar-refractivity contribution in [2.24, 2.45) is 23.5 Å². The predicted octanol–water partition coefficient (Wildman–Crippen LogP) is 2.00. The summed E-state index contributed by atoms with van der Waals surface area (Å²) in [6, 6.07) is 4.11. The zero-order valence-electron chi connectivity index (χ0n) is 12.2. The van der Waals surface area contributed by atoms with Gasteiger partial charge in [0.1, 0.15) is 0 Å². The Kier molecular flexibility index (Phi) is 5.15. The quantitative estimate of drug-likeness (QED) is 0.837. The van der Waals surface area contributed by atoms with E-state index in [1.165, 1.54) is 5.56 Å². The summed E-state index contributed by atoms with van der Waals surface area (Å²) in [5.41, 5.74) is 7.50. The van der Waals surface area contributed by atoms with E-state index in [1.807, 2.05) is 29.4 Å². The molecular formula is C16H21Cl2N3O. The van der Waals surface area contributed by atoms with Crippen molar-refractivity contribution in [3.05, 3.63) is 42.2 Å². The van der Waals surface area contributed by atoms with Gasteiger partial charge >= 0.3 is 0 Å². The average molecular weight is 342 g/mol. The minimum Gasteiger partial charge on any atom is -0.341 e. The van der Waals surface area contributed by atoms with Crippen molar-refractivity contribution < 1.29 is 4.79 Å². The summed E-state index contributed by atoms with van der Waals surface area (Å²) in [7, 11) is 0. The zero-order valence-corrected chi connectivity index (χ0v) is 13.8. The molecule has 1 aromatic rings. The lowest BCUT2D eigenvalue weighted by atomic mass is 9.85. The Hall–Kier alpha value is -1.10. The summed E-state index contributed by atoms with van der Waals surface area (Å²) in [4.78, 5) is 18.6. The van der Waals surface area contributed by atoms with E-state index in [0.717, 1.165) is 19.5 Å². The van der Waals surface area contributed by atoms with Gasteiger partial charge in [-0.25, -0.2) is 0 Å². The number of pyridine rings is 1. The number of nitrogens with two attached hydrogens (primary N) is 1. The van der Waals surface area contributed by atoms with E-state index in [4.69, 9.17) is 5.73 Å². The lowest BCUT2D eigenvalue weighted by molar-refractivity contribution is -0.141. The number of likely N-dealkylation sites (tertiary alicyclic amines) is 1. The highest BCUT2D eigenvalue weighted by Gasteiger charge is 2.49. The topological polar surface area (TPSA) is 59.2 Å². The molecule has 1 amide bonds. The predicted molar refractivity (Wildman–Crippen MR) is 90.3 cm³/mol. The monoisotopic (exact) mass is 341 g/mol. The smallest absolute Gasteiger partial charge is 0.227 e. The van der Waals surface area contributed by atoms with Crippen LogP contribution in [0, 0.1) is 17.8 Å². The fourth-order valence-corrected chi connectivity index (χ4v) is 3.92. The third kappa shape index (κ3) is 2.64. The van der Waals surface area contributed by atoms with Crippen molar-refractivity contribution in [1.82, 2.24) is 9.88 Å². The number of carbonyl (C=O) groups is 1. The maximum Gasteiger partial charge on any atom is 0.227 e. The van der Waals surface area contributed by atoms with Crippen LogP contribution in [0.1, 0.15) is 17.9 Å². The summed E-state index contributed by atoms with van der Waals surface area (Å²) in [5.74, 6) is 1.55. The number of halogens is 2. The minimum atomic E-state index is 0. The van der Waals surface area contributed by atoms with Gasteiger partial charge in [0.15, 0.2) is 0 Å². The molecule has 4 nitrogen and oxygen atoms in total. The molecule has 0 aromatic carbocycles. The van der Waals surface area contributed by atoms with Crippen molar-refractivity contribution >= 4 is 30.7 Å². The maximum absolute atomic E-state index is 12.6. The number of hydrogen-bond acceptors (Lipinski definition) is 3. The van der Waals surface area contributed by atoms with Crippen molar-refractivity contribution in [1.29, 1.82) is 0 Å². The third-order valence-corrected chi connectivity index (χ3v) is 5.18. The molecule has 0 radical (unpaired) electrons. The fraction of sp³-hybridized carbons (Fsp3) is 0.500. The molecule has 3 aliphatic rings. The Morgan fingerprint density at radius 1 is 1.14 bits per heavy atom. The van der Waals surface area contributed by atoms with Crippen LogP contribution < -0.4 is 5.73 Å². The van der Waals surface area contributed by atoms with Crippen LogP contribution in [0.5, 0.6) is 0 Å². The Morgan fingerprint density at radius 2 is 1.77 bits per heavy atom. The van der Waals surface area contributed by atoms with Gasteiger partial charge in [-0.3, -0.25) is 9.78 Å². The van der Waals surface area contributed by atoms with Gasteiger partial charge in [0.25, 0.3) is 0 Å². The molecule has 120 valence electrons. The molecule has 6 heteroatoms. The van der Waals surface area contributed by atoms with E-state index in [0.29, 0.717) is 17.8 Å². The average Bonchev–Trinajstić information content (AvgIpc) is 2.98. The molecule has 4 atom stereocenters. The summed E-state index contributed by atoms with van der Waals surface area (Å²) >= 11 is 0. The number of aromatic nitrogens is 1. The van der Waals surface area contributed by atoms with Gasteiger partial charge in [0.2, 0.25) is 5.91 Å². The standard InChI is InChI=1S/C16H19N3O.2ClH/c17-15-12-2-1-11(7-12)14(15)16(20)19-8-13(9-19)10-3-5-18-6-4-10;;/h1-6,11-15H,7-9,17H2;2*1H/t11-,12+,14-,15+;;/m1../s1. The van der Waals surface area contributed by atoms with Crippen molar-refractivity contribution in [3.8, 4) is 0 Å². The molecule has 2 aliphatic carbocycles. The molecule has 1 aliphatic heterocycles. The van der Waals surface area contributed by atoms with E-state index in [-0.39, 0.29) is 42.7 Å². The van der Waals surface area contributed by atoms with Crippen LogP contribution in [-0.4, -0.2) is 34.9 Å². The van der Waals surface area contributed by atoms with Gasteiger partial charge in [0.05, 0.1) is 5.92 Å². The second-order valence-corrected chi connectivity index (χ2v) is 6.27. The lowest BCUT2D eigenvalue weighted by Crippen LogP contribution is -2.54. The molecule has 1 saturated heterocycles. The first-order valence-corrected chi connectivity index (χ1v) is 7.36. The summed E-state index contributed by atoms with van der Waals surface area (Å²) in [5, 5.41) is 0. The number of allylic oxidation sites excluding steroid dienone is 1. The molecule has 2 fully saturated rings. The first-order chi connectivity index (χ1) is 9.74. The Labute approximate surface area is 143 Å². The highest BCUT2D eigenvalue weighted by atomic mass is 35.5. The number of carbonyl (C=O) groups excluding carboxylic acids is 1. The lowest BCUT2D eigenvalue weighted by Gasteiger charge is -2.42. The number of hydrogen-bond donors (Lipinski definition) is 1. The first kappa shape index (κ1) is 17.3. The fourth-order valence-electron chi connectivity index (χ4n) is 3.92. The largest absolute Gasteiger partial charge is 0.341 e. The van der Waals surface area contributed by atoms with Crippen LogP contribution in [-0.2, 0) is 4.79 Å². The SMILES string of the molecule is Cl.Cl.N[C@@H]1[C@H](C(=O)N2CC(c3ccncc3)C2)[C@@H]2C=C[C@H]1C2. The molecule has 4 rings (SSSR count). The van der Waals surface area contributed by atoms with Gasteiger partial charge in [-0.1, -0.05) is 12.2 Å². The van der Waals surface area contributed by atoms with Crippen molar-refractivity contribution in [3.63, 3.8) is 0 Å². The van der Waals surface area contributed by atoms with Gasteiger partial charge < -0.3 is 10.6 Å². The van der Waals surface area contributed by atoms with Crippen LogP contribution in [0.2, 0.25) is 0 Å². The number of rotatable bonds is 2. The summed E-state index contributed by atoms with van der Waals surface area (Å²) < 4.78 is 0. The Morgan fingerprint density at radius 3 is 2.36 bits per heavy atom. The van der Waals surface area contributed by atoms with Crippen LogP contribution in [0.25, 0.3) is 0 Å². The normalized spacial score (nSPS) is 32.1. The van der Waals surface area contributed by atoms with Gasteiger partial charge in [-0.15, -0.1) is 24.8 Å². The van der Waals surface area contributed by atoms with E-state index in [1.54, 1.807) is 0 Å². The van der Waals surface area contributed by atoms with Crippen LogP contribution in [0.3, 0.4) is 0 Å². The molecule has 0 spiro atoms. The highest BCUT2D eigenvalue weighted by molar-refractivity contribution is 5.85. The Bertz CT molecular complexity index is 560. The van der Waals surface area contributed by atoms with E-state index < -0.39 is 0 Å². The van der Waals surface area contributed by atoms with E-state index >= 15 is 0 Å². The summed E-state index contributed by atoms with van der Waals surface area (Å²) in [6.07, 6.45) is 9.08. The molecule has 1 aromatic heterocycles. The second-order valence-electron chi connectivity index (χ2n) is 6.27. The van der Waals surface area contributed by atoms with Crippen LogP contribution in [0.15, 0.2) is 36.7 Å². The van der Waals surface area contributed by atoms with Crippen molar-refractivity contribution in [2.45, 2.75) is 18.4 Å². The molecule has 0 unspecified atom stereocenters. The first-order valence-electron chi connectivity index (χ1n) is 7.36. The van der Waals surface area contributed by atoms with Crippen LogP contribution >= 0.6 is 24.8 Å². The molecule has 2 heterocycles. The number of amides is 1. The van der Waals surface area contributed by atoms with Gasteiger partial charge in [-0.2, -0.15) is 0 Å². The van der Waals surface area contributed by atoms with E-state index in [9.17, 15) is 4.79 Å². The molecule has 1 saturated carbocycles. The van der Waals surface area contributed by atoms with Crippen LogP contribution in [0.4, 0.5) is 0 Å². The maximum atomic E-state index is 12.6.